The highest BCUT2D eigenvalue weighted by Crippen LogP contribution is 2.27. The number of ether oxygens (including phenoxy) is 1. The third kappa shape index (κ3) is 5.57. The Morgan fingerprint density at radius 3 is 2.52 bits per heavy atom. The summed E-state index contributed by atoms with van der Waals surface area (Å²) in [6.07, 6.45) is 0.196. The van der Waals surface area contributed by atoms with Crippen LogP contribution in [0.3, 0.4) is 0 Å². The minimum atomic E-state index is -3.83. The molecule has 0 radical (unpaired) electrons. The molecule has 1 atom stereocenters. The van der Waals surface area contributed by atoms with Gasteiger partial charge in [-0.05, 0) is 41.6 Å². The summed E-state index contributed by atoms with van der Waals surface area (Å²) >= 11 is 7.20. The van der Waals surface area contributed by atoms with Crippen LogP contribution in [0, 0.1) is 0 Å². The third-order valence-corrected chi connectivity index (χ3v) is 7.24. The minimum absolute atomic E-state index is 0.149. The van der Waals surface area contributed by atoms with Gasteiger partial charge in [0.15, 0.2) is 0 Å². The van der Waals surface area contributed by atoms with Crippen LogP contribution in [0.25, 0.3) is 0 Å². The average molecular weight is 451 g/mol. The zero-order valence-corrected chi connectivity index (χ0v) is 17.9. The van der Waals surface area contributed by atoms with Crippen molar-refractivity contribution in [2.75, 3.05) is 12.4 Å². The van der Waals surface area contributed by atoms with Gasteiger partial charge < -0.3 is 10.1 Å². The van der Waals surface area contributed by atoms with Gasteiger partial charge in [-0.25, -0.2) is 8.42 Å². The molecule has 29 heavy (non-hydrogen) atoms. The van der Waals surface area contributed by atoms with Crippen LogP contribution in [0.1, 0.15) is 5.56 Å². The normalized spacial score (nSPS) is 12.3. The Hall–Kier alpha value is -2.39. The Morgan fingerprint density at radius 2 is 1.90 bits per heavy atom. The van der Waals surface area contributed by atoms with E-state index in [1.54, 1.807) is 29.6 Å². The molecule has 152 valence electrons. The number of carbonyl (C=O) groups excluding carboxylic acids is 1. The van der Waals surface area contributed by atoms with Crippen LogP contribution in [-0.2, 0) is 21.2 Å². The molecule has 0 aliphatic heterocycles. The summed E-state index contributed by atoms with van der Waals surface area (Å²) in [5.41, 5.74) is 1.27. The van der Waals surface area contributed by atoms with Gasteiger partial charge in [0.05, 0.1) is 12.1 Å². The molecule has 0 aliphatic rings. The number of hydrogen-bond donors (Lipinski definition) is 2. The van der Waals surface area contributed by atoms with Crippen molar-refractivity contribution in [3.05, 3.63) is 76.6 Å². The van der Waals surface area contributed by atoms with E-state index in [0.29, 0.717) is 16.5 Å². The van der Waals surface area contributed by atoms with Gasteiger partial charge in [0, 0.05) is 5.69 Å². The van der Waals surface area contributed by atoms with Crippen molar-refractivity contribution in [2.45, 2.75) is 16.7 Å². The highest BCUT2D eigenvalue weighted by molar-refractivity contribution is 7.91. The van der Waals surface area contributed by atoms with Crippen molar-refractivity contribution in [1.29, 1.82) is 0 Å². The zero-order valence-electron chi connectivity index (χ0n) is 15.5. The first-order valence-corrected chi connectivity index (χ1v) is 11.4. The van der Waals surface area contributed by atoms with Crippen LogP contribution in [0.2, 0.25) is 5.02 Å². The van der Waals surface area contributed by atoms with E-state index in [1.807, 2.05) is 30.3 Å². The lowest BCUT2D eigenvalue weighted by molar-refractivity contribution is -0.117. The fraction of sp³-hybridized carbons (Fsp3) is 0.150. The summed E-state index contributed by atoms with van der Waals surface area (Å²) in [7, 11) is -2.34. The maximum Gasteiger partial charge on any atom is 0.250 e. The molecular weight excluding hydrogens is 432 g/mol. The number of thiophene rings is 1. The maximum atomic E-state index is 12.9. The lowest BCUT2D eigenvalue weighted by atomic mass is 10.1. The largest absolute Gasteiger partial charge is 0.495 e. The molecule has 0 fully saturated rings. The first-order chi connectivity index (χ1) is 13.9. The molecule has 1 heterocycles. The van der Waals surface area contributed by atoms with Gasteiger partial charge >= 0.3 is 0 Å². The SMILES string of the molecule is COc1ccc(NC(=O)[C@H](Cc2ccccc2)NS(=O)(=O)c2cccs2)cc1Cl. The summed E-state index contributed by atoms with van der Waals surface area (Å²) in [5, 5.41) is 4.72. The molecule has 2 aromatic carbocycles. The second-order valence-electron chi connectivity index (χ2n) is 6.13. The Balaban J connectivity index is 1.83. The van der Waals surface area contributed by atoms with E-state index in [2.05, 4.69) is 10.0 Å². The molecule has 6 nitrogen and oxygen atoms in total. The predicted octanol–water partition coefficient (Wildman–Crippen LogP) is 3.94. The van der Waals surface area contributed by atoms with E-state index in [-0.39, 0.29) is 10.6 Å². The van der Waals surface area contributed by atoms with Crippen molar-refractivity contribution >= 4 is 44.6 Å². The van der Waals surface area contributed by atoms with Crippen molar-refractivity contribution < 1.29 is 17.9 Å². The lowest BCUT2D eigenvalue weighted by Crippen LogP contribution is -2.45. The molecular formula is C20H19ClN2O4S2. The molecule has 0 spiro atoms. The topological polar surface area (TPSA) is 84.5 Å². The second kappa shape index (κ2) is 9.41. The van der Waals surface area contributed by atoms with Crippen molar-refractivity contribution in [1.82, 2.24) is 4.72 Å². The number of sulfonamides is 1. The second-order valence-corrected chi connectivity index (χ2v) is 9.43. The highest BCUT2D eigenvalue weighted by Gasteiger charge is 2.27. The van der Waals surface area contributed by atoms with Crippen LogP contribution in [0.4, 0.5) is 5.69 Å². The average Bonchev–Trinajstić information content (AvgIpc) is 3.24. The highest BCUT2D eigenvalue weighted by atomic mass is 35.5. The summed E-state index contributed by atoms with van der Waals surface area (Å²) < 4.78 is 33.1. The van der Waals surface area contributed by atoms with Gasteiger partial charge in [-0.1, -0.05) is 48.0 Å². The van der Waals surface area contributed by atoms with E-state index in [4.69, 9.17) is 16.3 Å². The van der Waals surface area contributed by atoms with Gasteiger partial charge in [0.2, 0.25) is 5.91 Å². The number of hydrogen-bond acceptors (Lipinski definition) is 5. The maximum absolute atomic E-state index is 12.9. The number of amides is 1. The summed E-state index contributed by atoms with van der Waals surface area (Å²) in [6, 6.07) is 16.1. The number of benzene rings is 2. The molecule has 0 aliphatic carbocycles. The number of halogens is 1. The van der Waals surface area contributed by atoms with Crippen LogP contribution in [0.15, 0.2) is 70.3 Å². The van der Waals surface area contributed by atoms with E-state index in [1.165, 1.54) is 13.2 Å². The Bertz CT molecular complexity index is 1070. The molecule has 3 aromatic rings. The molecule has 3 rings (SSSR count). The first-order valence-electron chi connectivity index (χ1n) is 8.63. The van der Waals surface area contributed by atoms with E-state index < -0.39 is 22.0 Å². The van der Waals surface area contributed by atoms with Gasteiger partial charge in [0.25, 0.3) is 10.0 Å². The van der Waals surface area contributed by atoms with Gasteiger partial charge in [0.1, 0.15) is 16.0 Å². The van der Waals surface area contributed by atoms with Gasteiger partial charge in [-0.15, -0.1) is 11.3 Å². The minimum Gasteiger partial charge on any atom is -0.495 e. The molecule has 0 bridgehead atoms. The quantitative estimate of drug-likeness (QED) is 0.544. The number of carbonyl (C=O) groups is 1. The van der Waals surface area contributed by atoms with E-state index in [9.17, 15) is 13.2 Å². The van der Waals surface area contributed by atoms with Crippen molar-refractivity contribution in [3.8, 4) is 5.75 Å². The van der Waals surface area contributed by atoms with Crippen LogP contribution in [-0.4, -0.2) is 27.5 Å². The predicted molar refractivity (Wildman–Crippen MR) is 115 cm³/mol. The van der Waals surface area contributed by atoms with Gasteiger partial charge in [-0.2, -0.15) is 4.72 Å². The number of rotatable bonds is 8. The Morgan fingerprint density at radius 1 is 1.14 bits per heavy atom. The van der Waals surface area contributed by atoms with Gasteiger partial charge in [-0.3, -0.25) is 4.79 Å². The summed E-state index contributed by atoms with van der Waals surface area (Å²) in [5.74, 6) is -0.0147. The molecule has 2 N–H and O–H groups in total. The molecule has 1 amide bonds. The number of methoxy groups -OCH3 is 1. The third-order valence-electron chi connectivity index (χ3n) is 4.08. The molecule has 0 unspecified atom stereocenters. The summed E-state index contributed by atoms with van der Waals surface area (Å²) in [6.45, 7) is 0. The monoisotopic (exact) mass is 450 g/mol. The smallest absolute Gasteiger partial charge is 0.250 e. The van der Waals surface area contributed by atoms with Crippen molar-refractivity contribution in [3.63, 3.8) is 0 Å². The van der Waals surface area contributed by atoms with Crippen LogP contribution < -0.4 is 14.8 Å². The zero-order chi connectivity index (χ0) is 20.9. The fourth-order valence-corrected chi connectivity index (χ4v) is 5.14. The van der Waals surface area contributed by atoms with E-state index >= 15 is 0 Å². The Labute approximate surface area is 178 Å². The number of anilines is 1. The Kier molecular flexibility index (Phi) is 6.92. The van der Waals surface area contributed by atoms with E-state index in [0.717, 1.165) is 16.9 Å². The van der Waals surface area contributed by atoms with Crippen molar-refractivity contribution in [2.24, 2.45) is 0 Å². The standard InChI is InChI=1S/C20H19ClN2O4S2/c1-27-18-10-9-15(13-16(18)21)22-20(24)17(12-14-6-3-2-4-7-14)23-29(25,26)19-8-5-11-28-19/h2-11,13,17,23H,12H2,1H3,(H,22,24)/t17-/m0/s1. The fourth-order valence-electron chi connectivity index (χ4n) is 2.67. The van der Waals surface area contributed by atoms with Crippen LogP contribution >= 0.6 is 22.9 Å². The molecule has 0 saturated heterocycles. The molecule has 9 heteroatoms. The van der Waals surface area contributed by atoms with Crippen LogP contribution in [0.5, 0.6) is 5.75 Å². The first kappa shape index (κ1) is 21.3. The number of nitrogens with one attached hydrogen (secondary N) is 2. The molecule has 1 aromatic heterocycles. The summed E-state index contributed by atoms with van der Waals surface area (Å²) in [4.78, 5) is 12.9. The molecule has 0 saturated carbocycles. The lowest BCUT2D eigenvalue weighted by Gasteiger charge is -2.18.